The predicted molar refractivity (Wildman–Crippen MR) is 64.0 cm³/mol. The number of amides is 2. The summed E-state index contributed by atoms with van der Waals surface area (Å²) in [4.78, 5) is 11.4. The highest BCUT2D eigenvalue weighted by atomic mass is 16.2. The zero-order valence-electron chi connectivity index (χ0n) is 9.41. The molecule has 0 saturated heterocycles. The Morgan fingerprint density at radius 2 is 1.94 bits per heavy atom. The number of nitrogens with one attached hydrogen (secondary N) is 2. The first-order valence-electron chi connectivity index (χ1n) is 5.90. The molecule has 1 aliphatic rings. The first-order valence-corrected chi connectivity index (χ1v) is 5.90. The largest absolute Gasteiger partial charge is 0.338 e. The molecule has 0 aromatic heterocycles. The van der Waals surface area contributed by atoms with E-state index in [1.165, 1.54) is 12.8 Å². The molecule has 0 heterocycles. The van der Waals surface area contributed by atoms with Crippen molar-refractivity contribution in [3.8, 4) is 0 Å². The normalized spacial score (nSPS) is 14.5. The van der Waals surface area contributed by atoms with Crippen molar-refractivity contribution in [2.75, 3.05) is 6.54 Å². The van der Waals surface area contributed by atoms with Crippen LogP contribution in [0.5, 0.6) is 0 Å². The summed E-state index contributed by atoms with van der Waals surface area (Å²) in [6.45, 7) is 1.39. The van der Waals surface area contributed by atoms with Crippen molar-refractivity contribution in [2.45, 2.75) is 25.8 Å². The van der Waals surface area contributed by atoms with E-state index in [1.54, 1.807) is 0 Å². The lowest BCUT2D eigenvalue weighted by molar-refractivity contribution is 0.240. The topological polar surface area (TPSA) is 41.1 Å². The highest BCUT2D eigenvalue weighted by molar-refractivity contribution is 5.73. The van der Waals surface area contributed by atoms with Gasteiger partial charge in [-0.05, 0) is 17.9 Å². The second-order valence-corrected chi connectivity index (χ2v) is 4.33. The van der Waals surface area contributed by atoms with E-state index in [9.17, 15) is 4.79 Å². The maximum Gasteiger partial charge on any atom is 0.315 e. The third kappa shape index (κ3) is 3.93. The molecule has 0 aliphatic heterocycles. The number of urea groups is 1. The molecule has 1 aromatic carbocycles. The van der Waals surface area contributed by atoms with Crippen LogP contribution in [0.15, 0.2) is 30.3 Å². The summed E-state index contributed by atoms with van der Waals surface area (Å²) in [6.07, 6.45) is 3.80. The first kappa shape index (κ1) is 11.0. The van der Waals surface area contributed by atoms with Crippen LogP contribution in [0, 0.1) is 5.92 Å². The summed E-state index contributed by atoms with van der Waals surface area (Å²) in [5.41, 5.74) is 1.12. The Bertz CT molecular complexity index is 333. The minimum atomic E-state index is -0.0653. The maximum absolute atomic E-state index is 11.4. The molecule has 0 spiro atoms. The highest BCUT2D eigenvalue weighted by Gasteiger charge is 2.20. The molecular formula is C13H18N2O. The van der Waals surface area contributed by atoms with Gasteiger partial charge in [0.15, 0.2) is 0 Å². The quantitative estimate of drug-likeness (QED) is 0.782. The lowest BCUT2D eigenvalue weighted by Crippen LogP contribution is -2.35. The summed E-state index contributed by atoms with van der Waals surface area (Å²) in [7, 11) is 0. The van der Waals surface area contributed by atoms with Crippen LogP contribution in [-0.2, 0) is 6.54 Å². The maximum atomic E-state index is 11.4. The van der Waals surface area contributed by atoms with E-state index in [0.29, 0.717) is 6.54 Å². The van der Waals surface area contributed by atoms with Crippen molar-refractivity contribution in [2.24, 2.45) is 5.92 Å². The van der Waals surface area contributed by atoms with Gasteiger partial charge in [-0.15, -0.1) is 0 Å². The van der Waals surface area contributed by atoms with Crippen molar-refractivity contribution >= 4 is 6.03 Å². The average molecular weight is 218 g/mol. The van der Waals surface area contributed by atoms with Crippen LogP contribution in [0.4, 0.5) is 4.79 Å². The van der Waals surface area contributed by atoms with Crippen molar-refractivity contribution in [3.63, 3.8) is 0 Å². The molecule has 3 heteroatoms. The fourth-order valence-electron chi connectivity index (χ4n) is 1.64. The summed E-state index contributed by atoms with van der Waals surface area (Å²) in [6, 6.07) is 9.86. The average Bonchev–Trinajstić information content (AvgIpc) is 3.12. The Morgan fingerprint density at radius 3 is 2.62 bits per heavy atom. The second-order valence-electron chi connectivity index (χ2n) is 4.33. The highest BCUT2D eigenvalue weighted by Crippen LogP contribution is 2.31. The van der Waals surface area contributed by atoms with Gasteiger partial charge in [-0.2, -0.15) is 0 Å². The van der Waals surface area contributed by atoms with Gasteiger partial charge < -0.3 is 10.6 Å². The second kappa shape index (κ2) is 5.54. The molecule has 0 atom stereocenters. The van der Waals surface area contributed by atoms with Crippen LogP contribution < -0.4 is 10.6 Å². The molecular weight excluding hydrogens is 200 g/mol. The number of carbonyl (C=O) groups is 1. The Balaban J connectivity index is 1.59. The van der Waals surface area contributed by atoms with Gasteiger partial charge in [-0.25, -0.2) is 4.79 Å². The molecule has 16 heavy (non-hydrogen) atoms. The molecule has 1 aliphatic carbocycles. The summed E-state index contributed by atoms with van der Waals surface area (Å²) < 4.78 is 0. The van der Waals surface area contributed by atoms with Gasteiger partial charge in [-0.3, -0.25) is 0 Å². The number of hydrogen-bond acceptors (Lipinski definition) is 1. The van der Waals surface area contributed by atoms with E-state index in [-0.39, 0.29) is 6.03 Å². The van der Waals surface area contributed by atoms with Gasteiger partial charge >= 0.3 is 6.03 Å². The monoisotopic (exact) mass is 218 g/mol. The Hall–Kier alpha value is -1.51. The molecule has 0 unspecified atom stereocenters. The third-order valence-electron chi connectivity index (χ3n) is 2.83. The van der Waals surface area contributed by atoms with Crippen LogP contribution in [0.25, 0.3) is 0 Å². The molecule has 1 fully saturated rings. The van der Waals surface area contributed by atoms with Crippen molar-refractivity contribution in [1.29, 1.82) is 0 Å². The van der Waals surface area contributed by atoms with Crippen LogP contribution in [0.3, 0.4) is 0 Å². The van der Waals surface area contributed by atoms with Gasteiger partial charge in [0, 0.05) is 13.1 Å². The van der Waals surface area contributed by atoms with E-state index in [2.05, 4.69) is 10.6 Å². The summed E-state index contributed by atoms with van der Waals surface area (Å²) in [5, 5.41) is 5.72. The molecule has 86 valence electrons. The van der Waals surface area contributed by atoms with Crippen LogP contribution >= 0.6 is 0 Å². The van der Waals surface area contributed by atoms with Gasteiger partial charge in [0.1, 0.15) is 0 Å². The summed E-state index contributed by atoms with van der Waals surface area (Å²) in [5.74, 6) is 0.870. The molecule has 2 rings (SSSR count). The van der Waals surface area contributed by atoms with E-state index < -0.39 is 0 Å². The predicted octanol–water partition coefficient (Wildman–Crippen LogP) is 2.29. The number of hydrogen-bond donors (Lipinski definition) is 2. The van der Waals surface area contributed by atoms with Crippen molar-refractivity contribution in [1.82, 2.24) is 10.6 Å². The van der Waals surface area contributed by atoms with Gasteiger partial charge in [0.25, 0.3) is 0 Å². The van der Waals surface area contributed by atoms with Gasteiger partial charge in [-0.1, -0.05) is 43.2 Å². The third-order valence-corrected chi connectivity index (χ3v) is 2.83. The molecule has 0 bridgehead atoms. The lowest BCUT2D eigenvalue weighted by atomic mass is 10.2. The van der Waals surface area contributed by atoms with Crippen LogP contribution in [-0.4, -0.2) is 12.6 Å². The summed E-state index contributed by atoms with van der Waals surface area (Å²) >= 11 is 0. The minimum Gasteiger partial charge on any atom is -0.338 e. The Morgan fingerprint density at radius 1 is 1.19 bits per heavy atom. The minimum absolute atomic E-state index is 0.0653. The molecule has 1 saturated carbocycles. The van der Waals surface area contributed by atoms with Crippen molar-refractivity contribution in [3.05, 3.63) is 35.9 Å². The molecule has 2 N–H and O–H groups in total. The molecule has 0 radical (unpaired) electrons. The van der Waals surface area contributed by atoms with E-state index >= 15 is 0 Å². The van der Waals surface area contributed by atoms with Crippen LogP contribution in [0.2, 0.25) is 0 Å². The zero-order valence-corrected chi connectivity index (χ0v) is 9.41. The van der Waals surface area contributed by atoms with Crippen LogP contribution in [0.1, 0.15) is 24.8 Å². The van der Waals surface area contributed by atoms with E-state index in [0.717, 1.165) is 24.4 Å². The fourth-order valence-corrected chi connectivity index (χ4v) is 1.64. The molecule has 1 aromatic rings. The Kier molecular flexibility index (Phi) is 3.81. The number of rotatable bonds is 5. The smallest absolute Gasteiger partial charge is 0.315 e. The standard InChI is InChI=1S/C13H18N2O/c16-13(14-9-8-11-6-7-11)15-10-12-4-2-1-3-5-12/h1-5,11H,6-10H2,(H2,14,15,16). The fraction of sp³-hybridized carbons (Fsp3) is 0.462. The number of carbonyl (C=O) groups excluding carboxylic acids is 1. The first-order chi connectivity index (χ1) is 7.84. The lowest BCUT2D eigenvalue weighted by Gasteiger charge is -2.07. The van der Waals surface area contributed by atoms with Crippen molar-refractivity contribution < 1.29 is 4.79 Å². The molecule has 2 amide bonds. The number of benzene rings is 1. The van der Waals surface area contributed by atoms with E-state index in [1.807, 2.05) is 30.3 Å². The SMILES string of the molecule is O=C(NCCC1CC1)NCc1ccccc1. The van der Waals surface area contributed by atoms with Gasteiger partial charge in [0.05, 0.1) is 0 Å². The zero-order chi connectivity index (χ0) is 11.2. The Labute approximate surface area is 96.2 Å². The van der Waals surface area contributed by atoms with Gasteiger partial charge in [0.2, 0.25) is 0 Å². The molecule has 3 nitrogen and oxygen atoms in total. The van der Waals surface area contributed by atoms with E-state index in [4.69, 9.17) is 0 Å².